The minimum absolute atomic E-state index is 0.260. The Balaban J connectivity index is 2.47. The first-order valence-corrected chi connectivity index (χ1v) is 5.63. The molecule has 0 atom stereocenters. The lowest BCUT2D eigenvalue weighted by Crippen LogP contribution is -2.27. The smallest absolute Gasteiger partial charge is 0.230 e. The molecule has 17 heavy (non-hydrogen) atoms. The van der Waals surface area contributed by atoms with E-state index in [1.165, 1.54) is 0 Å². The maximum atomic E-state index is 5.91. The van der Waals surface area contributed by atoms with Crippen LogP contribution in [0.25, 0.3) is 11.0 Å². The van der Waals surface area contributed by atoms with Gasteiger partial charge in [0.25, 0.3) is 0 Å². The van der Waals surface area contributed by atoms with Crippen LogP contribution < -0.4 is 10.1 Å². The van der Waals surface area contributed by atoms with Crippen molar-refractivity contribution < 1.29 is 4.74 Å². The number of ether oxygens (including phenoxy) is 1. The highest BCUT2D eigenvalue weighted by atomic mass is 16.5. The Hall–Kier alpha value is -1.85. The third-order valence-corrected chi connectivity index (χ3v) is 2.72. The topological polar surface area (TPSA) is 75.7 Å². The summed E-state index contributed by atoms with van der Waals surface area (Å²) in [5.41, 5.74) is 0.412. The number of rotatable bonds is 4. The average Bonchev–Trinajstić information content (AvgIpc) is 2.76. The van der Waals surface area contributed by atoms with Gasteiger partial charge in [0.2, 0.25) is 11.8 Å². The second kappa shape index (κ2) is 4.20. The fraction of sp³-hybridized carbons (Fsp3) is 0.545. The van der Waals surface area contributed by atoms with Crippen LogP contribution in [0.5, 0.6) is 5.88 Å². The predicted molar refractivity (Wildman–Crippen MR) is 66.2 cm³/mol. The lowest BCUT2D eigenvalue weighted by atomic mass is 10.1. The van der Waals surface area contributed by atoms with E-state index in [-0.39, 0.29) is 5.60 Å². The molecule has 0 aliphatic carbocycles. The van der Waals surface area contributed by atoms with Crippen LogP contribution >= 0.6 is 0 Å². The molecule has 0 saturated heterocycles. The number of aromatic nitrogens is 4. The molecule has 0 fully saturated rings. The Morgan fingerprint density at radius 2 is 2.18 bits per heavy atom. The minimum atomic E-state index is -0.260. The number of fused-ring (bicyclic) bond motifs is 1. The van der Waals surface area contributed by atoms with Gasteiger partial charge in [0.15, 0.2) is 5.65 Å². The Kier molecular flexibility index (Phi) is 2.87. The average molecular weight is 235 g/mol. The summed E-state index contributed by atoms with van der Waals surface area (Å²) in [6, 6.07) is 0. The molecule has 0 spiro atoms. The van der Waals surface area contributed by atoms with E-state index in [2.05, 4.69) is 32.4 Å². The van der Waals surface area contributed by atoms with E-state index in [1.54, 1.807) is 13.2 Å². The van der Waals surface area contributed by atoms with Crippen molar-refractivity contribution >= 4 is 17.0 Å². The molecule has 2 aromatic rings. The first kappa shape index (κ1) is 11.6. The fourth-order valence-corrected chi connectivity index (χ4v) is 1.33. The van der Waals surface area contributed by atoms with Gasteiger partial charge in [-0.15, -0.1) is 0 Å². The quantitative estimate of drug-likeness (QED) is 0.847. The molecule has 2 aromatic heterocycles. The van der Waals surface area contributed by atoms with Gasteiger partial charge >= 0.3 is 0 Å². The zero-order valence-corrected chi connectivity index (χ0v) is 10.5. The zero-order valence-electron chi connectivity index (χ0n) is 10.5. The normalized spacial score (nSPS) is 11.8. The molecule has 2 rings (SSSR count). The Morgan fingerprint density at radius 3 is 2.82 bits per heavy atom. The molecule has 2 N–H and O–H groups in total. The molecule has 0 amide bonds. The lowest BCUT2D eigenvalue weighted by molar-refractivity contribution is 0.101. The first-order valence-electron chi connectivity index (χ1n) is 5.63. The largest absolute Gasteiger partial charge is 0.471 e. The molecule has 0 aliphatic heterocycles. The minimum Gasteiger partial charge on any atom is -0.471 e. The molecular formula is C11H17N5O. The van der Waals surface area contributed by atoms with Crippen molar-refractivity contribution in [2.75, 3.05) is 12.4 Å². The molecule has 2 heterocycles. The van der Waals surface area contributed by atoms with Gasteiger partial charge in [-0.3, -0.25) is 5.10 Å². The second-order valence-electron chi connectivity index (χ2n) is 4.45. The summed E-state index contributed by atoms with van der Waals surface area (Å²) in [6.45, 7) is 6.13. The third kappa shape index (κ3) is 2.30. The number of nitrogens with zero attached hydrogens (tertiary/aromatic N) is 3. The SMILES string of the molecule is CCC(C)(C)Oc1nc(NC)nc2[nH]ncc12. The summed E-state index contributed by atoms with van der Waals surface area (Å²) in [7, 11) is 1.77. The summed E-state index contributed by atoms with van der Waals surface area (Å²) in [5, 5.41) is 10.5. The van der Waals surface area contributed by atoms with Gasteiger partial charge < -0.3 is 10.1 Å². The zero-order chi connectivity index (χ0) is 12.5. The fourth-order valence-electron chi connectivity index (χ4n) is 1.33. The van der Waals surface area contributed by atoms with Gasteiger partial charge in [0, 0.05) is 7.05 Å². The number of aromatic amines is 1. The predicted octanol–water partition coefficient (Wildman–Crippen LogP) is 1.96. The maximum absolute atomic E-state index is 5.91. The van der Waals surface area contributed by atoms with E-state index < -0.39 is 0 Å². The molecule has 92 valence electrons. The van der Waals surface area contributed by atoms with Crippen LogP contribution in [-0.4, -0.2) is 32.8 Å². The van der Waals surface area contributed by atoms with E-state index in [0.717, 1.165) is 11.8 Å². The Morgan fingerprint density at radius 1 is 1.41 bits per heavy atom. The summed E-state index contributed by atoms with van der Waals surface area (Å²) in [5.74, 6) is 1.07. The molecule has 0 unspecified atom stereocenters. The van der Waals surface area contributed by atoms with Crippen LogP contribution in [0.2, 0.25) is 0 Å². The molecular weight excluding hydrogens is 218 g/mol. The van der Waals surface area contributed by atoms with Gasteiger partial charge in [-0.05, 0) is 20.3 Å². The van der Waals surface area contributed by atoms with Crippen LogP contribution in [-0.2, 0) is 0 Å². The third-order valence-electron chi connectivity index (χ3n) is 2.72. The number of H-pyrrole nitrogens is 1. The van der Waals surface area contributed by atoms with Gasteiger partial charge in [-0.2, -0.15) is 15.1 Å². The van der Waals surface area contributed by atoms with Gasteiger partial charge in [0.1, 0.15) is 11.0 Å². The van der Waals surface area contributed by atoms with Crippen LogP contribution in [0.4, 0.5) is 5.95 Å². The lowest BCUT2D eigenvalue weighted by Gasteiger charge is -2.24. The van der Waals surface area contributed by atoms with Crippen LogP contribution in [0.15, 0.2) is 6.20 Å². The summed E-state index contributed by atoms with van der Waals surface area (Å²) in [4.78, 5) is 8.57. The van der Waals surface area contributed by atoms with Crippen molar-refractivity contribution in [1.82, 2.24) is 20.2 Å². The highest BCUT2D eigenvalue weighted by Crippen LogP contribution is 2.26. The van der Waals surface area contributed by atoms with E-state index in [9.17, 15) is 0 Å². The molecule has 6 nitrogen and oxygen atoms in total. The molecule has 0 radical (unpaired) electrons. The molecule has 0 aliphatic rings. The van der Waals surface area contributed by atoms with Crippen molar-refractivity contribution in [1.29, 1.82) is 0 Å². The first-order chi connectivity index (χ1) is 8.05. The van der Waals surface area contributed by atoms with Gasteiger partial charge in [0.05, 0.1) is 6.20 Å². The second-order valence-corrected chi connectivity index (χ2v) is 4.45. The van der Waals surface area contributed by atoms with Crippen LogP contribution in [0.1, 0.15) is 27.2 Å². The van der Waals surface area contributed by atoms with Crippen LogP contribution in [0.3, 0.4) is 0 Å². The van der Waals surface area contributed by atoms with Crippen molar-refractivity contribution in [2.45, 2.75) is 32.8 Å². The molecule has 0 bridgehead atoms. The maximum Gasteiger partial charge on any atom is 0.230 e. The highest BCUT2D eigenvalue weighted by molar-refractivity contribution is 5.80. The van der Waals surface area contributed by atoms with Crippen LogP contribution in [0, 0.1) is 0 Å². The van der Waals surface area contributed by atoms with E-state index in [0.29, 0.717) is 17.5 Å². The summed E-state index contributed by atoms with van der Waals surface area (Å²) in [6.07, 6.45) is 2.57. The van der Waals surface area contributed by atoms with Gasteiger partial charge in [-0.25, -0.2) is 0 Å². The summed E-state index contributed by atoms with van der Waals surface area (Å²) >= 11 is 0. The van der Waals surface area contributed by atoms with E-state index in [1.807, 2.05) is 13.8 Å². The molecule has 6 heteroatoms. The van der Waals surface area contributed by atoms with Crippen molar-refractivity contribution in [3.05, 3.63) is 6.20 Å². The molecule has 0 saturated carbocycles. The Bertz CT molecular complexity index is 520. The number of nitrogens with one attached hydrogen (secondary N) is 2. The van der Waals surface area contributed by atoms with E-state index >= 15 is 0 Å². The van der Waals surface area contributed by atoms with Gasteiger partial charge in [-0.1, -0.05) is 6.92 Å². The number of anilines is 1. The Labute approximate surface area is 99.8 Å². The number of hydrogen-bond donors (Lipinski definition) is 2. The number of hydrogen-bond acceptors (Lipinski definition) is 5. The monoisotopic (exact) mass is 235 g/mol. The van der Waals surface area contributed by atoms with Crippen molar-refractivity contribution in [3.63, 3.8) is 0 Å². The van der Waals surface area contributed by atoms with Crippen molar-refractivity contribution in [2.24, 2.45) is 0 Å². The standard InChI is InChI=1S/C11H17N5O/c1-5-11(2,3)17-9-7-6-13-16-8(7)14-10(12-4)15-9/h6H,5H2,1-4H3,(H2,12,13,14,15,16). The van der Waals surface area contributed by atoms with E-state index in [4.69, 9.17) is 4.74 Å². The highest BCUT2D eigenvalue weighted by Gasteiger charge is 2.20. The van der Waals surface area contributed by atoms with Crippen molar-refractivity contribution in [3.8, 4) is 5.88 Å². The molecule has 0 aromatic carbocycles. The summed E-state index contributed by atoms with van der Waals surface area (Å²) < 4.78 is 5.91.